The SMILES string of the molecule is Cc1cnc(CCNC(=O)N2CCO[C@H](c3cccs3)C2)s1. The Hall–Kier alpha value is -1.44. The van der Waals surface area contributed by atoms with E-state index in [0.29, 0.717) is 26.2 Å². The molecule has 7 heteroatoms. The molecule has 0 radical (unpaired) electrons. The van der Waals surface area contributed by atoms with Crippen molar-refractivity contribution < 1.29 is 9.53 Å². The molecule has 1 aliphatic rings. The van der Waals surface area contributed by atoms with E-state index in [9.17, 15) is 4.79 Å². The van der Waals surface area contributed by atoms with Gasteiger partial charge in [-0.15, -0.1) is 22.7 Å². The average Bonchev–Trinajstić information content (AvgIpc) is 3.19. The van der Waals surface area contributed by atoms with Gasteiger partial charge in [-0.3, -0.25) is 0 Å². The third kappa shape index (κ3) is 3.85. The Labute approximate surface area is 137 Å². The largest absolute Gasteiger partial charge is 0.369 e. The van der Waals surface area contributed by atoms with Crippen LogP contribution >= 0.6 is 22.7 Å². The number of rotatable bonds is 4. The van der Waals surface area contributed by atoms with E-state index in [-0.39, 0.29) is 12.1 Å². The smallest absolute Gasteiger partial charge is 0.317 e. The molecule has 1 fully saturated rings. The fourth-order valence-electron chi connectivity index (χ4n) is 2.39. The topological polar surface area (TPSA) is 54.5 Å². The van der Waals surface area contributed by atoms with E-state index in [1.165, 1.54) is 9.75 Å². The summed E-state index contributed by atoms with van der Waals surface area (Å²) in [5.41, 5.74) is 0. The number of amides is 2. The summed E-state index contributed by atoms with van der Waals surface area (Å²) in [6.07, 6.45) is 2.65. The molecule has 0 unspecified atom stereocenters. The Balaban J connectivity index is 1.47. The number of nitrogens with zero attached hydrogens (tertiary/aromatic N) is 2. The number of thiazole rings is 1. The van der Waals surface area contributed by atoms with Crippen LogP contribution in [0.3, 0.4) is 0 Å². The second-order valence-electron chi connectivity index (χ2n) is 5.17. The molecule has 3 heterocycles. The van der Waals surface area contributed by atoms with Gasteiger partial charge >= 0.3 is 6.03 Å². The van der Waals surface area contributed by atoms with Gasteiger partial charge in [-0.2, -0.15) is 0 Å². The van der Waals surface area contributed by atoms with Crippen LogP contribution in [0.5, 0.6) is 0 Å². The molecule has 2 amide bonds. The molecule has 2 aromatic heterocycles. The zero-order chi connectivity index (χ0) is 15.4. The molecule has 0 saturated carbocycles. The highest BCUT2D eigenvalue weighted by Gasteiger charge is 2.25. The summed E-state index contributed by atoms with van der Waals surface area (Å²) in [5.74, 6) is 0. The number of hydrogen-bond donors (Lipinski definition) is 1. The van der Waals surface area contributed by atoms with Gasteiger partial charge in [0, 0.05) is 35.5 Å². The first-order chi connectivity index (χ1) is 10.7. The average molecular weight is 337 g/mol. The maximum atomic E-state index is 12.3. The molecule has 0 aliphatic carbocycles. The Morgan fingerprint density at radius 3 is 3.23 bits per heavy atom. The number of carbonyl (C=O) groups is 1. The van der Waals surface area contributed by atoms with Gasteiger partial charge in [-0.25, -0.2) is 9.78 Å². The normalized spacial score (nSPS) is 18.4. The maximum Gasteiger partial charge on any atom is 0.317 e. The molecule has 118 valence electrons. The second kappa shape index (κ2) is 7.21. The lowest BCUT2D eigenvalue weighted by atomic mass is 10.2. The summed E-state index contributed by atoms with van der Waals surface area (Å²) in [6.45, 7) is 4.50. The standard InChI is InChI=1S/C15H19N3O2S2/c1-11-9-17-14(22-11)4-5-16-15(19)18-6-7-20-12(10-18)13-3-2-8-21-13/h2-3,8-9,12H,4-7,10H2,1H3,(H,16,19)/t12-/m0/s1. The molecule has 1 atom stereocenters. The minimum Gasteiger partial charge on any atom is -0.369 e. The summed E-state index contributed by atoms with van der Waals surface area (Å²) in [4.78, 5) is 20.8. The lowest BCUT2D eigenvalue weighted by Crippen LogP contribution is -2.47. The van der Waals surface area contributed by atoms with E-state index in [1.54, 1.807) is 22.7 Å². The minimum atomic E-state index is -0.0156. The van der Waals surface area contributed by atoms with Crippen molar-refractivity contribution in [3.8, 4) is 0 Å². The maximum absolute atomic E-state index is 12.3. The number of carbonyl (C=O) groups excluding carboxylic acids is 1. The number of aryl methyl sites for hydroxylation is 1. The molecule has 2 aromatic rings. The van der Waals surface area contributed by atoms with E-state index in [0.717, 1.165) is 11.4 Å². The fourth-order valence-corrected chi connectivity index (χ4v) is 3.94. The number of morpholine rings is 1. The van der Waals surface area contributed by atoms with Crippen LogP contribution in [0, 0.1) is 6.92 Å². The minimum absolute atomic E-state index is 0.00103. The number of ether oxygens (including phenoxy) is 1. The fraction of sp³-hybridized carbons (Fsp3) is 0.467. The van der Waals surface area contributed by atoms with Crippen molar-refractivity contribution >= 4 is 28.7 Å². The van der Waals surface area contributed by atoms with Crippen molar-refractivity contribution in [1.29, 1.82) is 0 Å². The third-order valence-electron chi connectivity index (χ3n) is 3.50. The van der Waals surface area contributed by atoms with Crippen molar-refractivity contribution in [2.45, 2.75) is 19.4 Å². The second-order valence-corrected chi connectivity index (χ2v) is 7.47. The van der Waals surface area contributed by atoms with Gasteiger partial charge in [0.1, 0.15) is 6.10 Å². The summed E-state index contributed by atoms with van der Waals surface area (Å²) >= 11 is 3.35. The molecule has 3 rings (SSSR count). The van der Waals surface area contributed by atoms with E-state index in [4.69, 9.17) is 4.74 Å². The van der Waals surface area contributed by atoms with Crippen molar-refractivity contribution in [2.24, 2.45) is 0 Å². The predicted octanol–water partition coefficient (Wildman–Crippen LogP) is 2.84. The lowest BCUT2D eigenvalue weighted by molar-refractivity contribution is -0.0135. The number of urea groups is 1. The van der Waals surface area contributed by atoms with Crippen LogP contribution in [0.1, 0.15) is 20.9 Å². The van der Waals surface area contributed by atoms with Crippen molar-refractivity contribution in [2.75, 3.05) is 26.2 Å². The van der Waals surface area contributed by atoms with Gasteiger partial charge in [-0.1, -0.05) is 6.07 Å². The summed E-state index contributed by atoms with van der Waals surface area (Å²) < 4.78 is 5.76. The van der Waals surface area contributed by atoms with E-state index in [1.807, 2.05) is 29.5 Å². The number of nitrogens with one attached hydrogen (secondary N) is 1. The van der Waals surface area contributed by atoms with Crippen molar-refractivity contribution in [3.05, 3.63) is 38.5 Å². The van der Waals surface area contributed by atoms with E-state index in [2.05, 4.69) is 16.4 Å². The van der Waals surface area contributed by atoms with Crippen LogP contribution < -0.4 is 5.32 Å². The van der Waals surface area contributed by atoms with Gasteiger partial charge in [0.2, 0.25) is 0 Å². The Morgan fingerprint density at radius 1 is 1.59 bits per heavy atom. The highest BCUT2D eigenvalue weighted by Crippen LogP contribution is 2.25. The highest BCUT2D eigenvalue weighted by molar-refractivity contribution is 7.11. The monoisotopic (exact) mass is 337 g/mol. The van der Waals surface area contributed by atoms with Gasteiger partial charge in [-0.05, 0) is 18.4 Å². The zero-order valence-electron chi connectivity index (χ0n) is 12.4. The van der Waals surface area contributed by atoms with Crippen LogP contribution in [0.25, 0.3) is 0 Å². The first-order valence-electron chi connectivity index (χ1n) is 7.31. The molecule has 1 N–H and O–H groups in total. The van der Waals surface area contributed by atoms with Crippen LogP contribution in [-0.2, 0) is 11.2 Å². The molecule has 0 aromatic carbocycles. The Kier molecular flexibility index (Phi) is 5.07. The quantitative estimate of drug-likeness (QED) is 0.933. The molecule has 0 spiro atoms. The Bertz CT molecular complexity index is 612. The zero-order valence-corrected chi connectivity index (χ0v) is 14.1. The highest BCUT2D eigenvalue weighted by atomic mass is 32.1. The predicted molar refractivity (Wildman–Crippen MR) is 88.5 cm³/mol. The van der Waals surface area contributed by atoms with E-state index >= 15 is 0 Å². The number of aromatic nitrogens is 1. The summed E-state index contributed by atoms with van der Waals surface area (Å²) in [7, 11) is 0. The molecular formula is C15H19N3O2S2. The number of hydrogen-bond acceptors (Lipinski definition) is 5. The van der Waals surface area contributed by atoms with Gasteiger partial charge in [0.05, 0.1) is 18.2 Å². The van der Waals surface area contributed by atoms with Crippen LogP contribution in [-0.4, -0.2) is 42.2 Å². The third-order valence-corrected chi connectivity index (χ3v) is 5.44. The Morgan fingerprint density at radius 2 is 2.50 bits per heavy atom. The van der Waals surface area contributed by atoms with E-state index < -0.39 is 0 Å². The van der Waals surface area contributed by atoms with Crippen LogP contribution in [0.4, 0.5) is 4.79 Å². The molecule has 1 saturated heterocycles. The summed E-state index contributed by atoms with van der Waals surface area (Å²) in [6, 6.07) is 4.05. The van der Waals surface area contributed by atoms with Crippen LogP contribution in [0.2, 0.25) is 0 Å². The first kappa shape index (κ1) is 15.5. The van der Waals surface area contributed by atoms with Crippen molar-refractivity contribution in [3.63, 3.8) is 0 Å². The lowest BCUT2D eigenvalue weighted by Gasteiger charge is -2.32. The van der Waals surface area contributed by atoms with Crippen LogP contribution in [0.15, 0.2) is 23.7 Å². The molecule has 1 aliphatic heterocycles. The van der Waals surface area contributed by atoms with Gasteiger partial charge in [0.15, 0.2) is 0 Å². The molecular weight excluding hydrogens is 318 g/mol. The molecule has 0 bridgehead atoms. The number of thiophene rings is 1. The summed E-state index contributed by atoms with van der Waals surface area (Å²) in [5, 5.41) is 6.08. The first-order valence-corrected chi connectivity index (χ1v) is 9.01. The molecule has 5 nitrogen and oxygen atoms in total. The van der Waals surface area contributed by atoms with Crippen molar-refractivity contribution in [1.82, 2.24) is 15.2 Å². The van der Waals surface area contributed by atoms with Gasteiger partial charge < -0.3 is 15.0 Å². The van der Waals surface area contributed by atoms with Gasteiger partial charge in [0.25, 0.3) is 0 Å². The molecule has 22 heavy (non-hydrogen) atoms.